The molecule has 0 aromatic heterocycles. The van der Waals surface area contributed by atoms with Crippen LogP contribution in [0.5, 0.6) is 0 Å². The van der Waals surface area contributed by atoms with Crippen LogP contribution in [0.1, 0.15) is 11.1 Å². The van der Waals surface area contributed by atoms with Crippen molar-refractivity contribution in [3.8, 4) is 0 Å². The summed E-state index contributed by atoms with van der Waals surface area (Å²) in [4.78, 5) is 11.6. The fourth-order valence-electron chi connectivity index (χ4n) is 1.59. The number of carbonyl (C=O) groups excluding carboxylic acids is 1. The van der Waals surface area contributed by atoms with E-state index in [9.17, 15) is 9.18 Å². The Labute approximate surface area is 115 Å². The maximum Gasteiger partial charge on any atom is 0.310 e. The summed E-state index contributed by atoms with van der Waals surface area (Å²) in [6, 6.07) is 13.2. The summed E-state index contributed by atoms with van der Waals surface area (Å²) in [5.74, 6) is -0.856. The molecule has 0 bridgehead atoms. The van der Waals surface area contributed by atoms with Gasteiger partial charge in [-0.15, -0.1) is 0 Å². The van der Waals surface area contributed by atoms with Crippen molar-refractivity contribution in [1.82, 2.24) is 0 Å². The smallest absolute Gasteiger partial charge is 0.310 e. The van der Waals surface area contributed by atoms with Crippen molar-refractivity contribution in [3.63, 3.8) is 0 Å². The Hall–Kier alpha value is -1.87. The number of halogens is 2. The average molecular weight is 279 g/mol. The molecule has 0 amide bonds. The number of carbonyl (C=O) groups is 1. The van der Waals surface area contributed by atoms with Gasteiger partial charge in [0.05, 0.1) is 6.42 Å². The van der Waals surface area contributed by atoms with Gasteiger partial charge in [0.25, 0.3) is 0 Å². The zero-order valence-corrected chi connectivity index (χ0v) is 10.9. The van der Waals surface area contributed by atoms with E-state index in [2.05, 4.69) is 0 Å². The molecule has 0 saturated carbocycles. The highest BCUT2D eigenvalue weighted by Crippen LogP contribution is 2.11. The van der Waals surface area contributed by atoms with Crippen LogP contribution in [-0.4, -0.2) is 5.97 Å². The van der Waals surface area contributed by atoms with E-state index in [0.29, 0.717) is 10.6 Å². The van der Waals surface area contributed by atoms with Crippen LogP contribution < -0.4 is 0 Å². The average Bonchev–Trinajstić information content (AvgIpc) is 2.41. The minimum absolute atomic E-state index is 0.0692. The summed E-state index contributed by atoms with van der Waals surface area (Å²) in [7, 11) is 0. The van der Waals surface area contributed by atoms with Gasteiger partial charge < -0.3 is 4.74 Å². The molecule has 0 aliphatic heterocycles. The van der Waals surface area contributed by atoms with Crippen LogP contribution in [0.15, 0.2) is 48.5 Å². The zero-order chi connectivity index (χ0) is 13.7. The fourth-order valence-corrected chi connectivity index (χ4v) is 1.72. The van der Waals surface area contributed by atoms with Gasteiger partial charge in [-0.25, -0.2) is 4.39 Å². The molecule has 0 N–H and O–H groups in total. The van der Waals surface area contributed by atoms with Gasteiger partial charge in [0.1, 0.15) is 12.4 Å². The predicted molar refractivity (Wildman–Crippen MR) is 71.4 cm³/mol. The lowest BCUT2D eigenvalue weighted by Gasteiger charge is -2.06. The van der Waals surface area contributed by atoms with Crippen LogP contribution in [-0.2, 0) is 22.6 Å². The maximum absolute atomic E-state index is 13.3. The lowest BCUT2D eigenvalue weighted by Crippen LogP contribution is -2.09. The Morgan fingerprint density at radius 1 is 1.11 bits per heavy atom. The number of rotatable bonds is 4. The van der Waals surface area contributed by atoms with Crippen LogP contribution >= 0.6 is 11.6 Å². The SMILES string of the molecule is O=C(Cc1ccccc1F)OCc1ccc(Cl)cc1. The van der Waals surface area contributed by atoms with Gasteiger partial charge in [-0.1, -0.05) is 41.9 Å². The van der Waals surface area contributed by atoms with E-state index in [-0.39, 0.29) is 13.0 Å². The molecule has 0 heterocycles. The van der Waals surface area contributed by atoms with Crippen LogP contribution in [0.4, 0.5) is 4.39 Å². The maximum atomic E-state index is 13.3. The number of hydrogen-bond acceptors (Lipinski definition) is 2. The first kappa shape index (κ1) is 13.6. The first-order chi connectivity index (χ1) is 9.15. The van der Waals surface area contributed by atoms with Gasteiger partial charge in [-0.3, -0.25) is 4.79 Å². The first-order valence-corrected chi connectivity index (χ1v) is 6.16. The molecule has 2 nitrogen and oxygen atoms in total. The molecular weight excluding hydrogens is 267 g/mol. The first-order valence-electron chi connectivity index (χ1n) is 5.78. The molecule has 2 aromatic carbocycles. The minimum Gasteiger partial charge on any atom is -0.461 e. The summed E-state index contributed by atoms with van der Waals surface area (Å²) in [5.41, 5.74) is 1.18. The summed E-state index contributed by atoms with van der Waals surface area (Å²) in [6.07, 6.45) is -0.0692. The highest BCUT2D eigenvalue weighted by atomic mass is 35.5. The lowest BCUT2D eigenvalue weighted by atomic mass is 10.1. The van der Waals surface area contributed by atoms with Crippen molar-refractivity contribution in [3.05, 3.63) is 70.5 Å². The van der Waals surface area contributed by atoms with E-state index >= 15 is 0 Å². The molecule has 98 valence electrons. The van der Waals surface area contributed by atoms with E-state index < -0.39 is 11.8 Å². The molecule has 0 atom stereocenters. The van der Waals surface area contributed by atoms with Gasteiger partial charge in [0, 0.05) is 5.02 Å². The molecule has 19 heavy (non-hydrogen) atoms. The third-order valence-electron chi connectivity index (χ3n) is 2.61. The number of benzene rings is 2. The minimum atomic E-state index is -0.458. The van der Waals surface area contributed by atoms with Crippen molar-refractivity contribution >= 4 is 17.6 Å². The van der Waals surface area contributed by atoms with Gasteiger partial charge in [0.15, 0.2) is 0 Å². The molecule has 4 heteroatoms. The highest BCUT2D eigenvalue weighted by molar-refractivity contribution is 6.30. The largest absolute Gasteiger partial charge is 0.461 e. The van der Waals surface area contributed by atoms with Crippen LogP contribution in [0.25, 0.3) is 0 Å². The van der Waals surface area contributed by atoms with E-state index in [1.54, 1.807) is 42.5 Å². The van der Waals surface area contributed by atoms with Crippen molar-refractivity contribution in [2.24, 2.45) is 0 Å². The number of esters is 1. The van der Waals surface area contributed by atoms with E-state index in [1.807, 2.05) is 0 Å². The Morgan fingerprint density at radius 3 is 2.47 bits per heavy atom. The molecule has 0 fully saturated rings. The van der Waals surface area contributed by atoms with Gasteiger partial charge in [-0.05, 0) is 29.3 Å². The second-order valence-electron chi connectivity index (χ2n) is 4.06. The Morgan fingerprint density at radius 2 is 1.79 bits per heavy atom. The highest BCUT2D eigenvalue weighted by Gasteiger charge is 2.08. The lowest BCUT2D eigenvalue weighted by molar-refractivity contribution is -0.144. The van der Waals surface area contributed by atoms with Crippen LogP contribution in [0.3, 0.4) is 0 Å². The predicted octanol–water partition coefficient (Wildman–Crippen LogP) is 3.77. The zero-order valence-electron chi connectivity index (χ0n) is 10.1. The Kier molecular flexibility index (Phi) is 4.53. The summed E-state index contributed by atoms with van der Waals surface area (Å²) >= 11 is 5.75. The van der Waals surface area contributed by atoms with Gasteiger partial charge in [-0.2, -0.15) is 0 Å². The number of hydrogen-bond donors (Lipinski definition) is 0. The normalized spacial score (nSPS) is 10.2. The summed E-state index contributed by atoms with van der Waals surface area (Å²) in [6.45, 7) is 0.157. The third-order valence-corrected chi connectivity index (χ3v) is 2.86. The van der Waals surface area contributed by atoms with Crippen molar-refractivity contribution in [1.29, 1.82) is 0 Å². The quantitative estimate of drug-likeness (QED) is 0.796. The standard InChI is InChI=1S/C15H12ClFO2/c16-13-7-5-11(6-8-13)10-19-15(18)9-12-3-1-2-4-14(12)17/h1-8H,9-10H2. The molecule has 0 radical (unpaired) electrons. The molecule has 0 spiro atoms. The van der Waals surface area contributed by atoms with Crippen LogP contribution in [0, 0.1) is 5.82 Å². The second kappa shape index (κ2) is 6.34. The topological polar surface area (TPSA) is 26.3 Å². The summed E-state index contributed by atoms with van der Waals surface area (Å²) < 4.78 is 18.4. The van der Waals surface area contributed by atoms with E-state index in [1.165, 1.54) is 6.07 Å². The fraction of sp³-hybridized carbons (Fsp3) is 0.133. The second-order valence-corrected chi connectivity index (χ2v) is 4.49. The van der Waals surface area contributed by atoms with Gasteiger partial charge >= 0.3 is 5.97 Å². The molecule has 0 saturated heterocycles. The Bertz CT molecular complexity index is 567. The molecular formula is C15H12ClFO2. The third kappa shape index (κ3) is 4.07. The Balaban J connectivity index is 1.88. The molecule has 0 aliphatic rings. The molecule has 0 aliphatic carbocycles. The van der Waals surface area contributed by atoms with Crippen molar-refractivity contribution in [2.45, 2.75) is 13.0 Å². The monoisotopic (exact) mass is 278 g/mol. The van der Waals surface area contributed by atoms with Crippen molar-refractivity contribution < 1.29 is 13.9 Å². The molecule has 2 rings (SSSR count). The van der Waals surface area contributed by atoms with Gasteiger partial charge in [0.2, 0.25) is 0 Å². The van der Waals surface area contributed by atoms with Crippen LogP contribution in [0.2, 0.25) is 5.02 Å². The van der Waals surface area contributed by atoms with Crippen molar-refractivity contribution in [2.75, 3.05) is 0 Å². The summed E-state index contributed by atoms with van der Waals surface area (Å²) in [5, 5.41) is 0.626. The number of ether oxygens (including phenoxy) is 1. The van der Waals surface area contributed by atoms with E-state index in [4.69, 9.17) is 16.3 Å². The molecule has 0 unspecified atom stereocenters. The molecule has 2 aromatic rings. The van der Waals surface area contributed by atoms with E-state index in [0.717, 1.165) is 5.56 Å².